The molecule has 106 valence electrons. The number of ether oxygens (including phenoxy) is 1. The maximum Gasteiger partial charge on any atom is 0.335 e. The molecule has 0 spiro atoms. The zero-order valence-corrected chi connectivity index (χ0v) is 13.0. The van der Waals surface area contributed by atoms with E-state index in [4.69, 9.17) is 17.0 Å². The van der Waals surface area contributed by atoms with E-state index in [2.05, 4.69) is 22.3 Å². The van der Waals surface area contributed by atoms with Crippen molar-refractivity contribution in [2.45, 2.75) is 13.8 Å². The summed E-state index contributed by atoms with van der Waals surface area (Å²) in [5.41, 5.74) is 1.88. The Morgan fingerprint density at radius 1 is 1.35 bits per heavy atom. The van der Waals surface area contributed by atoms with Gasteiger partial charge in [-0.25, -0.2) is 4.68 Å². The van der Waals surface area contributed by atoms with Crippen LogP contribution in [0.5, 0.6) is 6.01 Å². The molecule has 1 N–H and O–H groups in total. The molecule has 5 nitrogen and oxygen atoms in total. The van der Waals surface area contributed by atoms with Gasteiger partial charge in [-0.15, -0.1) is 5.10 Å². The molecule has 0 saturated carbocycles. The van der Waals surface area contributed by atoms with Gasteiger partial charge in [-0.1, -0.05) is 30.9 Å². The first-order valence-corrected chi connectivity index (χ1v) is 7.71. The summed E-state index contributed by atoms with van der Waals surface area (Å²) in [5, 5.41) is 7.39. The molecule has 2 aromatic rings. The van der Waals surface area contributed by atoms with Crippen molar-refractivity contribution in [2.24, 2.45) is 0 Å². The van der Waals surface area contributed by atoms with Gasteiger partial charge in [0.2, 0.25) is 0 Å². The number of thioether (sulfide) groups is 1. The van der Waals surface area contributed by atoms with Crippen molar-refractivity contribution in [2.75, 3.05) is 17.7 Å². The van der Waals surface area contributed by atoms with Crippen molar-refractivity contribution in [3.63, 3.8) is 0 Å². The number of anilines is 1. The molecule has 1 aromatic heterocycles. The first kappa shape index (κ1) is 14.8. The van der Waals surface area contributed by atoms with Gasteiger partial charge in [-0.05, 0) is 36.9 Å². The van der Waals surface area contributed by atoms with Crippen LogP contribution in [-0.4, -0.2) is 31.4 Å². The van der Waals surface area contributed by atoms with E-state index in [1.807, 2.05) is 31.2 Å². The van der Waals surface area contributed by atoms with E-state index in [9.17, 15) is 0 Å². The standard InChI is InChI=1S/C13H16N4OS2/c1-3-18-12-14-9-17(16-12)11-7-5-10(6-8-11)15-13(19)20-4-2/h5-9H,3-4H2,1-2H3,(H,15,19). The molecule has 7 heteroatoms. The fourth-order valence-electron chi connectivity index (χ4n) is 1.55. The van der Waals surface area contributed by atoms with E-state index in [0.717, 1.165) is 21.4 Å². The first-order valence-electron chi connectivity index (χ1n) is 6.31. The molecule has 0 saturated heterocycles. The Bertz CT molecular complexity index is 568. The van der Waals surface area contributed by atoms with Crippen molar-refractivity contribution in [1.82, 2.24) is 14.8 Å². The number of benzene rings is 1. The zero-order chi connectivity index (χ0) is 14.4. The summed E-state index contributed by atoms with van der Waals surface area (Å²) in [4.78, 5) is 4.07. The predicted molar refractivity (Wildman–Crippen MR) is 86.9 cm³/mol. The highest BCUT2D eigenvalue weighted by atomic mass is 32.2. The average molecular weight is 308 g/mol. The van der Waals surface area contributed by atoms with Crippen molar-refractivity contribution < 1.29 is 4.74 Å². The minimum Gasteiger partial charge on any atom is -0.463 e. The van der Waals surface area contributed by atoms with Crippen LogP contribution in [0.15, 0.2) is 30.6 Å². The van der Waals surface area contributed by atoms with Crippen molar-refractivity contribution in [1.29, 1.82) is 0 Å². The summed E-state index contributed by atoms with van der Waals surface area (Å²) in [6, 6.07) is 8.20. The van der Waals surface area contributed by atoms with E-state index >= 15 is 0 Å². The largest absolute Gasteiger partial charge is 0.463 e. The van der Waals surface area contributed by atoms with Gasteiger partial charge in [0.1, 0.15) is 10.6 Å². The van der Waals surface area contributed by atoms with E-state index < -0.39 is 0 Å². The summed E-state index contributed by atoms with van der Waals surface area (Å²) in [6.07, 6.45) is 1.63. The third-order valence-corrected chi connectivity index (χ3v) is 3.51. The lowest BCUT2D eigenvalue weighted by Gasteiger charge is -2.07. The minimum atomic E-state index is 0.384. The highest BCUT2D eigenvalue weighted by Crippen LogP contribution is 2.15. The molecule has 0 radical (unpaired) electrons. The second-order valence-corrected chi connectivity index (χ2v) is 5.74. The SMILES string of the molecule is CCOc1ncn(-c2ccc(NC(=S)SCC)cc2)n1. The Kier molecular flexibility index (Phi) is 5.37. The molecule has 0 aliphatic rings. The Balaban J connectivity index is 2.05. The van der Waals surface area contributed by atoms with Gasteiger partial charge in [0.15, 0.2) is 0 Å². The van der Waals surface area contributed by atoms with Gasteiger partial charge >= 0.3 is 6.01 Å². The smallest absolute Gasteiger partial charge is 0.335 e. The molecule has 0 fully saturated rings. The number of thiocarbonyl (C=S) groups is 1. The van der Waals surface area contributed by atoms with Crippen LogP contribution in [0, 0.1) is 0 Å². The summed E-state index contributed by atoms with van der Waals surface area (Å²) < 4.78 is 7.69. The van der Waals surface area contributed by atoms with Gasteiger partial charge < -0.3 is 10.1 Å². The summed E-state index contributed by atoms with van der Waals surface area (Å²) >= 11 is 6.81. The van der Waals surface area contributed by atoms with Crippen LogP contribution in [0.1, 0.15) is 13.8 Å². The van der Waals surface area contributed by atoms with Crippen LogP contribution in [0.4, 0.5) is 5.69 Å². The fourth-order valence-corrected chi connectivity index (χ4v) is 2.47. The summed E-state index contributed by atoms with van der Waals surface area (Å²) in [7, 11) is 0. The molecule has 1 aromatic carbocycles. The number of nitrogens with zero attached hydrogens (tertiary/aromatic N) is 3. The number of aromatic nitrogens is 3. The van der Waals surface area contributed by atoms with E-state index in [0.29, 0.717) is 12.6 Å². The normalized spacial score (nSPS) is 10.3. The Hall–Kier alpha value is -1.60. The van der Waals surface area contributed by atoms with Gasteiger partial charge in [0.05, 0.1) is 12.3 Å². The van der Waals surface area contributed by atoms with Crippen molar-refractivity contribution in [3.8, 4) is 11.7 Å². The average Bonchev–Trinajstić information content (AvgIpc) is 2.89. The molecule has 0 atom stereocenters. The van der Waals surface area contributed by atoms with Crippen LogP contribution in [0.3, 0.4) is 0 Å². The zero-order valence-electron chi connectivity index (χ0n) is 11.4. The summed E-state index contributed by atoms with van der Waals surface area (Å²) in [5.74, 6) is 0.961. The lowest BCUT2D eigenvalue weighted by Crippen LogP contribution is -2.05. The molecule has 20 heavy (non-hydrogen) atoms. The molecule has 0 aliphatic carbocycles. The van der Waals surface area contributed by atoms with Crippen LogP contribution in [0.2, 0.25) is 0 Å². The molecular weight excluding hydrogens is 292 g/mol. The second-order valence-electron chi connectivity index (χ2n) is 3.80. The first-order chi connectivity index (χ1) is 9.72. The lowest BCUT2D eigenvalue weighted by molar-refractivity contribution is 0.312. The van der Waals surface area contributed by atoms with Crippen LogP contribution >= 0.6 is 24.0 Å². The molecule has 0 unspecified atom stereocenters. The third-order valence-electron chi connectivity index (χ3n) is 2.40. The Morgan fingerprint density at radius 3 is 2.75 bits per heavy atom. The maximum atomic E-state index is 5.24. The number of rotatable bonds is 5. The topological polar surface area (TPSA) is 52.0 Å². The van der Waals surface area contributed by atoms with Gasteiger partial charge in [-0.2, -0.15) is 4.98 Å². The quantitative estimate of drug-likeness (QED) is 0.857. The lowest BCUT2D eigenvalue weighted by atomic mass is 10.3. The molecule has 0 amide bonds. The predicted octanol–water partition coefficient (Wildman–Crippen LogP) is 3.12. The second kappa shape index (κ2) is 7.25. The van der Waals surface area contributed by atoms with E-state index in [1.165, 1.54) is 0 Å². The number of hydrogen-bond donors (Lipinski definition) is 1. The maximum absolute atomic E-state index is 5.24. The van der Waals surface area contributed by atoms with Crippen LogP contribution < -0.4 is 10.1 Å². The van der Waals surface area contributed by atoms with E-state index in [1.54, 1.807) is 22.8 Å². The molecular formula is C13H16N4OS2. The van der Waals surface area contributed by atoms with Gasteiger partial charge in [0, 0.05) is 5.69 Å². The number of nitrogens with one attached hydrogen (secondary N) is 1. The number of hydrogen-bond acceptors (Lipinski definition) is 5. The highest BCUT2D eigenvalue weighted by molar-refractivity contribution is 8.23. The highest BCUT2D eigenvalue weighted by Gasteiger charge is 2.03. The molecule has 0 aliphatic heterocycles. The Morgan fingerprint density at radius 2 is 2.10 bits per heavy atom. The third kappa shape index (κ3) is 3.94. The monoisotopic (exact) mass is 308 g/mol. The fraction of sp³-hybridized carbons (Fsp3) is 0.308. The molecule has 1 heterocycles. The molecule has 2 rings (SSSR count). The van der Waals surface area contributed by atoms with Gasteiger partial charge in [-0.3, -0.25) is 0 Å². The van der Waals surface area contributed by atoms with E-state index in [-0.39, 0.29) is 0 Å². The van der Waals surface area contributed by atoms with Crippen molar-refractivity contribution >= 4 is 34.0 Å². The van der Waals surface area contributed by atoms with Gasteiger partial charge in [0.25, 0.3) is 0 Å². The van der Waals surface area contributed by atoms with Crippen molar-refractivity contribution in [3.05, 3.63) is 30.6 Å². The summed E-state index contributed by atoms with van der Waals surface area (Å²) in [6.45, 7) is 4.53. The Labute approximate surface area is 127 Å². The van der Waals surface area contributed by atoms with Crippen LogP contribution in [-0.2, 0) is 0 Å². The van der Waals surface area contributed by atoms with Crippen LogP contribution in [0.25, 0.3) is 5.69 Å². The minimum absolute atomic E-state index is 0.384. The molecule has 0 bridgehead atoms.